The van der Waals surface area contributed by atoms with E-state index in [0.717, 1.165) is 43.9 Å². The fourth-order valence-electron chi connectivity index (χ4n) is 5.38. The third kappa shape index (κ3) is 10.1. The van der Waals surface area contributed by atoms with E-state index < -0.39 is 7.54 Å². The van der Waals surface area contributed by atoms with E-state index in [1.54, 1.807) is 46.9 Å². The third-order valence-electron chi connectivity index (χ3n) is 7.81. The molecule has 52 heavy (non-hydrogen) atoms. The number of ether oxygens (including phenoxy) is 2. The monoisotopic (exact) mass is 844 g/mol. The molecule has 0 unspecified atom stereocenters. The number of benzene rings is 2. The van der Waals surface area contributed by atoms with Gasteiger partial charge in [-0.15, -0.1) is 49.1 Å². The molecule has 6 aromatic rings. The molecule has 0 N–H and O–H groups in total. The van der Waals surface area contributed by atoms with Crippen LogP contribution >= 0.6 is 38.6 Å². The number of rotatable bonds is 2. The summed E-state index contributed by atoms with van der Waals surface area (Å²) in [5.74, 6) is 3.06. The van der Waals surface area contributed by atoms with E-state index in [4.69, 9.17) is 9.47 Å². The van der Waals surface area contributed by atoms with Crippen LogP contribution in [0.3, 0.4) is 0 Å². The number of halogens is 6. The topological polar surface area (TPSA) is 79.9 Å². The number of thiophene rings is 2. The van der Waals surface area contributed by atoms with Crippen molar-refractivity contribution in [1.82, 2.24) is 29.5 Å². The van der Waals surface area contributed by atoms with Crippen molar-refractivity contribution < 1.29 is 82.6 Å². The summed E-state index contributed by atoms with van der Waals surface area (Å²) in [6, 6.07) is 13.4. The average molecular weight is 846 g/mol. The summed E-state index contributed by atoms with van der Waals surface area (Å²) in [6.07, 6.45) is 0.574. The maximum absolute atomic E-state index is 14.0. The molecule has 0 radical (unpaired) electrons. The zero-order valence-electron chi connectivity index (χ0n) is 29.0. The van der Waals surface area contributed by atoms with Gasteiger partial charge in [0.25, 0.3) is 0 Å². The standard InChI is InChI=1S/C17H16FN3OS.C10H10BrN3OS.C7H6F.BF3.K/c1-10-13(7-12-5-3-4-6-15(12)18)14-8-22-9-16-20-19-11(2)21(16)17(14)23-10;1-5-9(11)7-3-15-4-8-13-12-6(2)14(8)10(7)16-5;1-6-4-2-3-5-7(6)8;2-1(3)4;/h3-6H,7-9H2,1-2H3;3-4H2,1-2H3;2-5H,1H2;;/q;;-1;;+1. The van der Waals surface area contributed by atoms with Crippen LogP contribution < -0.4 is 51.4 Å². The zero-order chi connectivity index (χ0) is 36.8. The third-order valence-corrected chi connectivity index (χ3v) is 11.5. The molecule has 0 aliphatic carbocycles. The molecule has 0 bridgehead atoms. The fraction of sp³-hybridized carbons (Fsp3) is 0.265. The number of hydrogen-bond donors (Lipinski definition) is 0. The van der Waals surface area contributed by atoms with Crippen molar-refractivity contribution in [2.24, 2.45) is 0 Å². The molecule has 2 aliphatic rings. The van der Waals surface area contributed by atoms with Gasteiger partial charge in [-0.1, -0.05) is 30.3 Å². The number of aromatic nitrogens is 6. The van der Waals surface area contributed by atoms with Gasteiger partial charge in [-0.05, 0) is 60.8 Å². The Morgan fingerprint density at radius 3 is 1.73 bits per heavy atom. The van der Waals surface area contributed by atoms with Gasteiger partial charge in [-0.3, -0.25) is 26.5 Å². The van der Waals surface area contributed by atoms with Gasteiger partial charge in [0.05, 0.1) is 13.2 Å². The van der Waals surface area contributed by atoms with Crippen LogP contribution in [0.15, 0.2) is 53.0 Å². The average Bonchev–Trinajstić information content (AvgIpc) is 3.73. The van der Waals surface area contributed by atoms with Gasteiger partial charge in [-0.2, -0.15) is 18.6 Å². The predicted molar refractivity (Wildman–Crippen MR) is 191 cm³/mol. The normalized spacial score (nSPS) is 12.3. The Bertz CT molecular complexity index is 2100. The first kappa shape index (κ1) is 42.5. The second kappa shape index (κ2) is 19.4. The van der Waals surface area contributed by atoms with E-state index in [1.165, 1.54) is 32.5 Å². The molecular weight excluding hydrogens is 813 g/mol. The maximum atomic E-state index is 14.0. The molecule has 0 amide bonds. The van der Waals surface area contributed by atoms with Gasteiger partial charge < -0.3 is 9.47 Å². The van der Waals surface area contributed by atoms with Crippen molar-refractivity contribution in [3.63, 3.8) is 0 Å². The Hall–Kier alpha value is -2.26. The van der Waals surface area contributed by atoms with E-state index in [-0.39, 0.29) is 63.0 Å². The molecule has 2 aromatic carbocycles. The first-order valence-corrected chi connectivity index (χ1v) is 17.9. The molecule has 2 aliphatic heterocycles. The molecular formula is C34H32BBrF5KN6O2S2. The van der Waals surface area contributed by atoms with Crippen LogP contribution in [0.25, 0.3) is 10.0 Å². The summed E-state index contributed by atoms with van der Waals surface area (Å²) in [5.41, 5.74) is 4.63. The van der Waals surface area contributed by atoms with E-state index in [2.05, 4.69) is 66.2 Å². The first-order chi connectivity index (χ1) is 24.4. The molecule has 6 heterocycles. The molecule has 0 spiro atoms. The first-order valence-electron chi connectivity index (χ1n) is 15.5. The Kier molecular flexibility index (Phi) is 15.8. The van der Waals surface area contributed by atoms with Gasteiger partial charge >= 0.3 is 58.9 Å². The smallest absolute Gasteiger partial charge is 0.369 e. The molecule has 8 nitrogen and oxygen atoms in total. The van der Waals surface area contributed by atoms with E-state index in [9.17, 15) is 21.7 Å². The van der Waals surface area contributed by atoms with Crippen molar-refractivity contribution >= 4 is 46.1 Å². The van der Waals surface area contributed by atoms with E-state index in [1.807, 2.05) is 26.0 Å². The number of nitrogens with zero attached hydrogens (tertiary/aromatic N) is 6. The molecule has 18 heteroatoms. The van der Waals surface area contributed by atoms with Gasteiger partial charge in [0.2, 0.25) is 0 Å². The largest absolute Gasteiger partial charge is 1.00 e. The van der Waals surface area contributed by atoms with Crippen LogP contribution in [0.5, 0.6) is 0 Å². The summed E-state index contributed by atoms with van der Waals surface area (Å²) in [7, 11) is -3.67. The van der Waals surface area contributed by atoms with Gasteiger partial charge in [0, 0.05) is 37.6 Å². The molecule has 0 fully saturated rings. The van der Waals surface area contributed by atoms with Crippen LogP contribution in [-0.4, -0.2) is 37.1 Å². The fourth-order valence-corrected chi connectivity index (χ4v) is 8.42. The Labute approximate surface area is 357 Å². The summed E-state index contributed by atoms with van der Waals surface area (Å²) in [5, 5.41) is 18.9. The summed E-state index contributed by atoms with van der Waals surface area (Å²) < 4.78 is 72.0. The second-order valence-corrected chi connectivity index (χ2v) is 14.5. The summed E-state index contributed by atoms with van der Waals surface area (Å²) in [4.78, 5) is 2.44. The van der Waals surface area contributed by atoms with Gasteiger partial charge in [0.1, 0.15) is 40.7 Å². The quantitative estimate of drug-likeness (QED) is 0.115. The minimum absolute atomic E-state index is 0. The Morgan fingerprint density at radius 2 is 1.21 bits per heavy atom. The van der Waals surface area contributed by atoms with Gasteiger partial charge in [-0.25, -0.2) is 4.39 Å². The van der Waals surface area contributed by atoms with Crippen LogP contribution in [0.1, 0.15) is 60.9 Å². The number of hydrogen-bond acceptors (Lipinski definition) is 8. The number of aryl methyl sites for hydroxylation is 4. The SMILES string of the molecule is Cc1sc2c(c1Br)COCc1nnc(C)n1-2.Cc1sc2c(c1Cc1ccccc1F)COCc1nnc(C)n1-2.FB(F)F.[CH2-]c1ccccc1F.[K+]. The van der Waals surface area contributed by atoms with E-state index >= 15 is 0 Å². The van der Waals surface area contributed by atoms with Crippen LogP contribution in [0.2, 0.25) is 0 Å². The molecule has 0 atom stereocenters. The zero-order valence-corrected chi connectivity index (χ0v) is 35.4. The molecule has 268 valence electrons. The van der Waals surface area contributed by atoms with Crippen molar-refractivity contribution in [1.29, 1.82) is 0 Å². The van der Waals surface area contributed by atoms with E-state index in [0.29, 0.717) is 44.0 Å². The molecule has 0 saturated heterocycles. The van der Waals surface area contributed by atoms with Crippen molar-refractivity contribution in [3.8, 4) is 10.0 Å². The Morgan fingerprint density at radius 1 is 0.731 bits per heavy atom. The molecule has 0 saturated carbocycles. The van der Waals surface area contributed by atoms with Crippen LogP contribution in [-0.2, 0) is 42.3 Å². The van der Waals surface area contributed by atoms with Crippen molar-refractivity contribution in [3.05, 3.63) is 132 Å². The van der Waals surface area contributed by atoms with Crippen LogP contribution in [0, 0.1) is 46.3 Å². The number of fused-ring (bicyclic) bond motifs is 6. The van der Waals surface area contributed by atoms with Gasteiger partial charge in [0.15, 0.2) is 11.6 Å². The van der Waals surface area contributed by atoms with Crippen molar-refractivity contribution in [2.45, 2.75) is 60.5 Å². The predicted octanol–water partition coefficient (Wildman–Crippen LogP) is 6.34. The summed E-state index contributed by atoms with van der Waals surface area (Å²) >= 11 is 7.06. The summed E-state index contributed by atoms with van der Waals surface area (Å²) in [6.45, 7) is 13.6. The van der Waals surface area contributed by atoms with Crippen LogP contribution in [0.4, 0.5) is 21.7 Å². The van der Waals surface area contributed by atoms with Crippen molar-refractivity contribution in [2.75, 3.05) is 0 Å². The molecule has 4 aromatic heterocycles. The molecule has 8 rings (SSSR count). The minimum atomic E-state index is -3.67. The Balaban J connectivity index is 0.000000180. The minimum Gasteiger partial charge on any atom is -0.369 e. The second-order valence-electron chi connectivity index (χ2n) is 11.3. The maximum Gasteiger partial charge on any atom is 1.00 e.